The number of ether oxygens (including phenoxy) is 1. The number of aromatic nitrogens is 2. The summed E-state index contributed by atoms with van der Waals surface area (Å²) in [7, 11) is 0. The van der Waals surface area contributed by atoms with Gasteiger partial charge in [-0.25, -0.2) is 4.98 Å². The topological polar surface area (TPSA) is 47.0 Å². The average Bonchev–Trinajstić information content (AvgIpc) is 3.22. The lowest BCUT2D eigenvalue weighted by molar-refractivity contribution is -0.137. The lowest BCUT2D eigenvalue weighted by atomic mass is 9.90. The molecule has 3 heterocycles. The van der Waals surface area contributed by atoms with Crippen LogP contribution in [0.3, 0.4) is 0 Å². The van der Waals surface area contributed by atoms with Crippen LogP contribution in [0.2, 0.25) is 0 Å². The van der Waals surface area contributed by atoms with Crippen LogP contribution in [0.25, 0.3) is 6.08 Å². The van der Waals surface area contributed by atoms with E-state index in [0.29, 0.717) is 11.1 Å². The molecule has 1 fully saturated rings. The van der Waals surface area contributed by atoms with Crippen LogP contribution in [0.5, 0.6) is 10.9 Å². The Bertz CT molecular complexity index is 1090. The van der Waals surface area contributed by atoms with Crippen molar-refractivity contribution in [1.29, 1.82) is 0 Å². The summed E-state index contributed by atoms with van der Waals surface area (Å²) >= 11 is 6.91. The molecule has 0 saturated heterocycles. The number of nitrogens with zero attached hydrogens (tertiary/aromatic N) is 2. The molecule has 0 amide bonds. The highest BCUT2D eigenvalue weighted by atomic mass is 32.1. The summed E-state index contributed by atoms with van der Waals surface area (Å²) in [5.41, 5.74) is 1.49. The van der Waals surface area contributed by atoms with Gasteiger partial charge >= 0.3 is 6.18 Å². The molecule has 3 aromatic rings. The molecule has 32 heavy (non-hydrogen) atoms. The molecule has 0 radical (unpaired) electrons. The minimum Gasteiger partial charge on any atom is -0.428 e. The zero-order valence-corrected chi connectivity index (χ0v) is 18.6. The van der Waals surface area contributed by atoms with Crippen molar-refractivity contribution in [1.82, 2.24) is 15.3 Å². The van der Waals surface area contributed by atoms with Gasteiger partial charge in [0.05, 0.1) is 5.56 Å². The van der Waals surface area contributed by atoms with Gasteiger partial charge in [0.25, 0.3) is 0 Å². The Morgan fingerprint density at radius 3 is 2.59 bits per heavy atom. The maximum Gasteiger partial charge on any atom is 0.417 e. The normalized spacial score (nSPS) is 16.5. The Kier molecular flexibility index (Phi) is 6.86. The van der Waals surface area contributed by atoms with Gasteiger partial charge in [-0.3, -0.25) is 4.98 Å². The van der Waals surface area contributed by atoms with E-state index in [1.54, 1.807) is 18.5 Å². The summed E-state index contributed by atoms with van der Waals surface area (Å²) in [6.45, 7) is 0. The number of thiophene rings is 1. The lowest BCUT2D eigenvalue weighted by Gasteiger charge is -2.26. The first-order valence-electron chi connectivity index (χ1n) is 10.1. The van der Waals surface area contributed by atoms with Crippen molar-refractivity contribution >= 4 is 34.6 Å². The van der Waals surface area contributed by atoms with Crippen LogP contribution in [0.15, 0.2) is 60.6 Å². The highest BCUT2D eigenvalue weighted by Gasteiger charge is 2.30. The number of alkyl halides is 3. The van der Waals surface area contributed by atoms with Crippen molar-refractivity contribution < 1.29 is 17.9 Å². The van der Waals surface area contributed by atoms with Crippen molar-refractivity contribution in [3.8, 4) is 10.9 Å². The van der Waals surface area contributed by atoms with Crippen molar-refractivity contribution in [2.75, 3.05) is 0 Å². The Labute approximate surface area is 193 Å². The van der Waals surface area contributed by atoms with E-state index >= 15 is 0 Å². The summed E-state index contributed by atoms with van der Waals surface area (Å²) in [6.07, 6.45) is 5.96. The lowest BCUT2D eigenvalue weighted by Crippen LogP contribution is -2.35. The molecule has 0 atom stereocenters. The second-order valence-electron chi connectivity index (χ2n) is 7.43. The second-order valence-corrected chi connectivity index (χ2v) is 8.92. The number of nitrogens with one attached hydrogen (secondary N) is 1. The Morgan fingerprint density at radius 1 is 1.12 bits per heavy atom. The van der Waals surface area contributed by atoms with Crippen molar-refractivity contribution in [3.63, 3.8) is 0 Å². The minimum absolute atomic E-state index is 0.134. The van der Waals surface area contributed by atoms with E-state index in [1.165, 1.54) is 23.0 Å². The number of thiocarbonyl (C=S) groups is 1. The SMILES string of the molecule is FC(F)(F)c1ccc(Oc2ccc(C=C3CCC(NC(=S)c4cccnc4)CC3)s2)nc1. The monoisotopic (exact) mass is 475 g/mol. The van der Waals surface area contributed by atoms with Gasteiger partial charge in [-0.15, -0.1) is 0 Å². The summed E-state index contributed by atoms with van der Waals surface area (Å²) in [5, 5.41) is 4.02. The number of hydrogen-bond donors (Lipinski definition) is 1. The third-order valence-corrected chi connectivity index (χ3v) is 6.37. The molecular weight excluding hydrogens is 455 g/mol. The number of hydrogen-bond acceptors (Lipinski definition) is 5. The third-order valence-electron chi connectivity index (χ3n) is 5.10. The van der Waals surface area contributed by atoms with Gasteiger partial charge in [-0.1, -0.05) is 29.1 Å². The summed E-state index contributed by atoms with van der Waals surface area (Å²) in [4.78, 5) is 9.62. The minimum atomic E-state index is -4.41. The second kappa shape index (κ2) is 9.79. The number of allylic oxidation sites excluding steroid dienone is 1. The van der Waals surface area contributed by atoms with Gasteiger partial charge in [0, 0.05) is 41.1 Å². The molecule has 1 saturated carbocycles. The molecule has 9 heteroatoms. The van der Waals surface area contributed by atoms with E-state index in [1.807, 2.05) is 18.2 Å². The van der Waals surface area contributed by atoms with Crippen LogP contribution in [-0.4, -0.2) is 21.0 Å². The van der Waals surface area contributed by atoms with Crippen molar-refractivity contribution in [3.05, 3.63) is 76.6 Å². The molecular formula is C23H20F3N3OS2. The van der Waals surface area contributed by atoms with Gasteiger partial charge in [-0.2, -0.15) is 13.2 Å². The van der Waals surface area contributed by atoms with Crippen LogP contribution in [0, 0.1) is 0 Å². The summed E-state index contributed by atoms with van der Waals surface area (Å²) in [5.74, 6) is 0.134. The van der Waals surface area contributed by atoms with Gasteiger partial charge < -0.3 is 10.1 Å². The maximum absolute atomic E-state index is 12.6. The van der Waals surface area contributed by atoms with E-state index in [-0.39, 0.29) is 5.88 Å². The van der Waals surface area contributed by atoms with E-state index in [4.69, 9.17) is 17.0 Å². The Hall–Kier alpha value is -2.78. The number of rotatable bonds is 5. The van der Waals surface area contributed by atoms with Crippen molar-refractivity contribution in [2.24, 2.45) is 0 Å². The van der Waals surface area contributed by atoms with Gasteiger partial charge in [0.15, 0.2) is 5.06 Å². The standard InChI is InChI=1S/C23H20F3N3OS2/c24-23(25,26)17-5-9-20(28-14-17)30-21-10-8-19(32-21)12-15-3-6-18(7-4-15)29-22(31)16-2-1-11-27-13-16/h1-2,5,8-14,18H,3-4,6-7H2,(H,29,31). The third kappa shape index (κ3) is 5.92. The first kappa shape index (κ1) is 22.4. The molecule has 0 unspecified atom stereocenters. The van der Waals surface area contributed by atoms with E-state index in [9.17, 15) is 13.2 Å². The van der Waals surface area contributed by atoms with E-state index < -0.39 is 11.7 Å². The van der Waals surface area contributed by atoms with Crippen molar-refractivity contribution in [2.45, 2.75) is 37.9 Å². The number of pyridine rings is 2. The molecule has 3 aromatic heterocycles. The van der Waals surface area contributed by atoms with E-state index in [0.717, 1.165) is 53.4 Å². The molecule has 1 aliphatic rings. The zero-order valence-electron chi connectivity index (χ0n) is 16.9. The Balaban J connectivity index is 1.30. The smallest absolute Gasteiger partial charge is 0.417 e. The quantitative estimate of drug-likeness (QED) is 0.419. The number of halogens is 3. The zero-order chi connectivity index (χ0) is 22.6. The molecule has 1 N–H and O–H groups in total. The molecule has 1 aliphatic carbocycles. The fourth-order valence-corrected chi connectivity index (χ4v) is 4.57. The molecule has 0 aliphatic heterocycles. The molecule has 166 valence electrons. The van der Waals surface area contributed by atoms with Gasteiger partial charge in [-0.05, 0) is 62.1 Å². The predicted molar refractivity (Wildman–Crippen MR) is 123 cm³/mol. The Morgan fingerprint density at radius 2 is 1.94 bits per heavy atom. The molecule has 0 bridgehead atoms. The molecule has 0 aromatic carbocycles. The van der Waals surface area contributed by atoms with Crippen LogP contribution in [-0.2, 0) is 6.18 Å². The van der Waals surface area contributed by atoms with Crippen LogP contribution in [0.4, 0.5) is 13.2 Å². The highest BCUT2D eigenvalue weighted by Crippen LogP contribution is 2.34. The average molecular weight is 476 g/mol. The fraction of sp³-hybridized carbons (Fsp3) is 0.261. The van der Waals surface area contributed by atoms with Crippen LogP contribution in [0.1, 0.15) is 41.7 Å². The largest absolute Gasteiger partial charge is 0.428 e. The first-order chi connectivity index (χ1) is 15.4. The predicted octanol–water partition coefficient (Wildman–Crippen LogP) is 6.64. The highest BCUT2D eigenvalue weighted by molar-refractivity contribution is 7.80. The van der Waals surface area contributed by atoms with Gasteiger partial charge in [0.1, 0.15) is 4.99 Å². The summed E-state index contributed by atoms with van der Waals surface area (Å²) < 4.78 is 43.5. The molecule has 0 spiro atoms. The van der Waals surface area contributed by atoms with E-state index in [2.05, 4.69) is 21.4 Å². The molecule has 4 nitrogen and oxygen atoms in total. The van der Waals surface area contributed by atoms with Crippen LogP contribution < -0.4 is 10.1 Å². The fourth-order valence-electron chi connectivity index (χ4n) is 3.42. The van der Waals surface area contributed by atoms with Crippen LogP contribution >= 0.6 is 23.6 Å². The summed E-state index contributed by atoms with van der Waals surface area (Å²) in [6, 6.07) is 10.1. The maximum atomic E-state index is 12.6. The molecule has 4 rings (SSSR count). The first-order valence-corrected chi connectivity index (χ1v) is 11.3. The van der Waals surface area contributed by atoms with Gasteiger partial charge in [0.2, 0.25) is 5.88 Å².